The second kappa shape index (κ2) is 5.29. The van der Waals surface area contributed by atoms with Gasteiger partial charge in [0.1, 0.15) is 11.5 Å². The molecular formula is C12H13F3N2O. The minimum absolute atomic E-state index is 0.0953. The monoisotopic (exact) mass is 258 g/mol. The molecule has 0 spiro atoms. The van der Waals surface area contributed by atoms with Gasteiger partial charge in [0, 0.05) is 31.1 Å². The van der Waals surface area contributed by atoms with E-state index in [1.54, 1.807) is 0 Å². The molecule has 1 aromatic rings. The van der Waals surface area contributed by atoms with Crippen molar-refractivity contribution in [1.82, 2.24) is 5.32 Å². The fourth-order valence-corrected chi connectivity index (χ4v) is 1.54. The molecule has 0 radical (unpaired) electrons. The Kier molecular flexibility index (Phi) is 3.74. The van der Waals surface area contributed by atoms with Gasteiger partial charge in [0.05, 0.1) is 0 Å². The molecule has 1 saturated carbocycles. The van der Waals surface area contributed by atoms with Crippen molar-refractivity contribution in [3.63, 3.8) is 0 Å². The minimum atomic E-state index is -1.00. The van der Waals surface area contributed by atoms with E-state index in [9.17, 15) is 18.0 Å². The molecule has 0 heterocycles. The first-order valence-electron chi connectivity index (χ1n) is 5.74. The maximum absolute atomic E-state index is 13.2. The molecule has 2 N–H and O–H groups in total. The first kappa shape index (κ1) is 12.7. The zero-order valence-corrected chi connectivity index (χ0v) is 9.60. The lowest BCUT2D eigenvalue weighted by Gasteiger charge is -2.09. The molecule has 0 atom stereocenters. The molecular weight excluding hydrogens is 245 g/mol. The van der Waals surface area contributed by atoms with E-state index in [0.29, 0.717) is 12.1 Å². The second-order valence-electron chi connectivity index (χ2n) is 4.26. The van der Waals surface area contributed by atoms with Gasteiger partial charge in [-0.15, -0.1) is 0 Å². The lowest BCUT2D eigenvalue weighted by molar-refractivity contribution is -0.120. The first-order valence-corrected chi connectivity index (χ1v) is 5.74. The summed E-state index contributed by atoms with van der Waals surface area (Å²) in [5.74, 6) is -3.14. The van der Waals surface area contributed by atoms with Crippen molar-refractivity contribution in [3.05, 3.63) is 29.6 Å². The van der Waals surface area contributed by atoms with Crippen LogP contribution in [0.15, 0.2) is 12.1 Å². The van der Waals surface area contributed by atoms with Crippen LogP contribution in [0.5, 0.6) is 0 Å². The molecule has 1 aliphatic rings. The van der Waals surface area contributed by atoms with E-state index in [2.05, 4.69) is 10.6 Å². The van der Waals surface area contributed by atoms with Crippen molar-refractivity contribution < 1.29 is 18.0 Å². The van der Waals surface area contributed by atoms with E-state index < -0.39 is 23.1 Å². The van der Waals surface area contributed by atoms with Crippen molar-refractivity contribution in [3.8, 4) is 0 Å². The molecule has 0 unspecified atom stereocenters. The van der Waals surface area contributed by atoms with Gasteiger partial charge in [-0.05, 0) is 12.8 Å². The van der Waals surface area contributed by atoms with E-state index in [1.807, 2.05) is 0 Å². The fraction of sp³-hybridized carbons (Fsp3) is 0.417. The van der Waals surface area contributed by atoms with Crippen molar-refractivity contribution in [2.24, 2.45) is 0 Å². The van der Waals surface area contributed by atoms with E-state index in [0.717, 1.165) is 12.8 Å². The predicted octanol–water partition coefficient (Wildman–Crippen LogP) is 2.18. The Labute approximate surface area is 102 Å². The van der Waals surface area contributed by atoms with E-state index in [4.69, 9.17) is 0 Å². The Balaban J connectivity index is 1.84. The lowest BCUT2D eigenvalue weighted by atomic mass is 10.2. The highest BCUT2D eigenvalue weighted by molar-refractivity contribution is 5.77. The van der Waals surface area contributed by atoms with Gasteiger partial charge in [-0.3, -0.25) is 4.79 Å². The van der Waals surface area contributed by atoms with Gasteiger partial charge >= 0.3 is 0 Å². The number of hydrogen-bond acceptors (Lipinski definition) is 2. The quantitative estimate of drug-likeness (QED) is 0.850. The maximum Gasteiger partial charge on any atom is 0.221 e. The maximum atomic E-state index is 13.2. The molecule has 0 bridgehead atoms. The minimum Gasteiger partial charge on any atom is -0.380 e. The molecule has 1 aromatic carbocycles. The van der Waals surface area contributed by atoms with Crippen molar-refractivity contribution >= 4 is 11.6 Å². The Morgan fingerprint density at radius 2 is 1.83 bits per heavy atom. The highest BCUT2D eigenvalue weighted by Crippen LogP contribution is 2.20. The topological polar surface area (TPSA) is 41.1 Å². The number of anilines is 1. The van der Waals surface area contributed by atoms with Crippen LogP contribution < -0.4 is 10.6 Å². The Bertz CT molecular complexity index is 438. The third-order valence-corrected chi connectivity index (χ3v) is 2.60. The molecule has 3 nitrogen and oxygen atoms in total. The summed E-state index contributed by atoms with van der Waals surface area (Å²) in [6.07, 6.45) is 2.09. The second-order valence-corrected chi connectivity index (χ2v) is 4.26. The van der Waals surface area contributed by atoms with Crippen LogP contribution in [-0.2, 0) is 4.79 Å². The molecule has 1 aliphatic carbocycles. The third-order valence-electron chi connectivity index (χ3n) is 2.60. The number of hydrogen-bond donors (Lipinski definition) is 2. The van der Waals surface area contributed by atoms with Gasteiger partial charge in [0.2, 0.25) is 5.91 Å². The van der Waals surface area contributed by atoms with Crippen LogP contribution in [0.3, 0.4) is 0 Å². The lowest BCUT2D eigenvalue weighted by Crippen LogP contribution is -2.27. The van der Waals surface area contributed by atoms with Crippen molar-refractivity contribution in [2.75, 3.05) is 11.9 Å². The van der Waals surface area contributed by atoms with E-state index in [1.165, 1.54) is 0 Å². The Hall–Kier alpha value is -1.72. The van der Waals surface area contributed by atoms with Gasteiger partial charge in [-0.25, -0.2) is 13.2 Å². The molecule has 0 aromatic heterocycles. The molecule has 0 saturated heterocycles. The summed E-state index contributed by atoms with van der Waals surface area (Å²) in [5, 5.41) is 5.21. The Morgan fingerprint density at radius 3 is 2.39 bits per heavy atom. The van der Waals surface area contributed by atoms with Gasteiger partial charge in [-0.2, -0.15) is 0 Å². The number of amides is 1. The molecule has 18 heavy (non-hydrogen) atoms. The van der Waals surface area contributed by atoms with E-state index >= 15 is 0 Å². The molecule has 6 heteroatoms. The van der Waals surface area contributed by atoms with E-state index in [-0.39, 0.29) is 24.9 Å². The smallest absolute Gasteiger partial charge is 0.221 e. The van der Waals surface area contributed by atoms with Crippen LogP contribution in [0.2, 0.25) is 0 Å². The summed E-state index contributed by atoms with van der Waals surface area (Å²) in [7, 11) is 0. The first-order chi connectivity index (χ1) is 8.56. The van der Waals surface area contributed by atoms with Gasteiger partial charge in [0.15, 0.2) is 11.6 Å². The Morgan fingerprint density at radius 1 is 1.22 bits per heavy atom. The number of nitrogens with one attached hydrogen (secondary N) is 2. The average molecular weight is 258 g/mol. The van der Waals surface area contributed by atoms with Gasteiger partial charge in [0.25, 0.3) is 0 Å². The standard InChI is InChI=1S/C12H13F3N2O/c13-7-5-9(14)12(10(15)6-7)16-4-3-11(18)17-8-1-2-8/h5-6,8,16H,1-4H2,(H,17,18). The van der Waals surface area contributed by atoms with Gasteiger partial charge in [-0.1, -0.05) is 0 Å². The summed E-state index contributed by atoms with van der Waals surface area (Å²) >= 11 is 0. The van der Waals surface area contributed by atoms with Crippen LogP contribution in [0.25, 0.3) is 0 Å². The van der Waals surface area contributed by atoms with Crippen LogP contribution >= 0.6 is 0 Å². The summed E-state index contributed by atoms with van der Waals surface area (Å²) in [6.45, 7) is 0.0953. The highest BCUT2D eigenvalue weighted by Gasteiger charge is 2.22. The largest absolute Gasteiger partial charge is 0.380 e. The SMILES string of the molecule is O=C(CCNc1c(F)cc(F)cc1F)NC1CC1. The van der Waals surface area contributed by atoms with Crippen LogP contribution in [-0.4, -0.2) is 18.5 Å². The zero-order chi connectivity index (χ0) is 13.1. The molecule has 2 rings (SSSR count). The van der Waals surface area contributed by atoms with Crippen molar-refractivity contribution in [2.45, 2.75) is 25.3 Å². The van der Waals surface area contributed by atoms with Crippen LogP contribution in [0, 0.1) is 17.5 Å². The highest BCUT2D eigenvalue weighted by atomic mass is 19.1. The molecule has 98 valence electrons. The number of carbonyl (C=O) groups is 1. The molecule has 1 amide bonds. The summed E-state index contributed by atoms with van der Waals surface area (Å²) in [5.41, 5.74) is -0.407. The van der Waals surface area contributed by atoms with Crippen molar-refractivity contribution in [1.29, 1.82) is 0 Å². The molecule has 1 fully saturated rings. The fourth-order valence-electron chi connectivity index (χ4n) is 1.54. The van der Waals surface area contributed by atoms with Gasteiger partial charge < -0.3 is 10.6 Å². The average Bonchev–Trinajstić information content (AvgIpc) is 3.05. The number of halogens is 3. The zero-order valence-electron chi connectivity index (χ0n) is 9.60. The number of benzene rings is 1. The summed E-state index contributed by atoms with van der Waals surface area (Å²) in [6, 6.07) is 1.45. The number of carbonyl (C=O) groups excluding carboxylic acids is 1. The summed E-state index contributed by atoms with van der Waals surface area (Å²) in [4.78, 5) is 11.3. The predicted molar refractivity (Wildman–Crippen MR) is 60.6 cm³/mol. The normalized spacial score (nSPS) is 14.4. The van der Waals surface area contributed by atoms with Crippen LogP contribution in [0.1, 0.15) is 19.3 Å². The van der Waals surface area contributed by atoms with Crippen LogP contribution in [0.4, 0.5) is 18.9 Å². The summed E-state index contributed by atoms with van der Waals surface area (Å²) < 4.78 is 39.1. The number of rotatable bonds is 5. The third kappa shape index (κ3) is 3.38. The molecule has 0 aliphatic heterocycles.